The van der Waals surface area contributed by atoms with Crippen molar-refractivity contribution in [3.05, 3.63) is 65.2 Å². The van der Waals surface area contributed by atoms with Gasteiger partial charge in [0.1, 0.15) is 5.75 Å². The Hall–Kier alpha value is -1.80. The summed E-state index contributed by atoms with van der Waals surface area (Å²) >= 11 is 0. The number of methoxy groups -OCH3 is 1. The van der Waals surface area contributed by atoms with E-state index in [-0.39, 0.29) is 6.04 Å². The summed E-state index contributed by atoms with van der Waals surface area (Å²) in [6, 6.07) is 16.7. The summed E-state index contributed by atoms with van der Waals surface area (Å²) in [7, 11) is 1.68. The van der Waals surface area contributed by atoms with Gasteiger partial charge in [0.2, 0.25) is 0 Å². The highest BCUT2D eigenvalue weighted by Gasteiger charge is 2.31. The molecule has 0 aliphatic heterocycles. The topological polar surface area (TPSA) is 35.2 Å². The standard InChI is InChI=1S/C16H17NO/c1-18-13-7-4-6-12(9-13)16(17)15-10-11-5-2-3-8-14(11)15/h2-9,15-16H,10,17H2,1H3. The highest BCUT2D eigenvalue weighted by Crippen LogP contribution is 2.42. The maximum atomic E-state index is 6.38. The van der Waals surface area contributed by atoms with Crippen LogP contribution in [0.4, 0.5) is 0 Å². The van der Waals surface area contributed by atoms with Gasteiger partial charge in [-0.1, -0.05) is 36.4 Å². The molecule has 3 rings (SSSR count). The fourth-order valence-corrected chi connectivity index (χ4v) is 2.70. The molecule has 1 aliphatic carbocycles. The average Bonchev–Trinajstić information content (AvgIpc) is 2.40. The van der Waals surface area contributed by atoms with Gasteiger partial charge >= 0.3 is 0 Å². The fourth-order valence-electron chi connectivity index (χ4n) is 2.70. The van der Waals surface area contributed by atoms with E-state index in [1.54, 1.807) is 7.11 Å². The predicted molar refractivity (Wildman–Crippen MR) is 72.8 cm³/mol. The summed E-state index contributed by atoms with van der Waals surface area (Å²) < 4.78 is 5.25. The maximum absolute atomic E-state index is 6.38. The molecule has 0 fully saturated rings. The van der Waals surface area contributed by atoms with Gasteiger partial charge in [-0.3, -0.25) is 0 Å². The van der Waals surface area contributed by atoms with Crippen LogP contribution < -0.4 is 10.5 Å². The molecule has 2 N–H and O–H groups in total. The minimum absolute atomic E-state index is 0.0509. The lowest BCUT2D eigenvalue weighted by molar-refractivity contribution is 0.412. The van der Waals surface area contributed by atoms with Crippen LogP contribution in [0.2, 0.25) is 0 Å². The van der Waals surface area contributed by atoms with Crippen LogP contribution in [-0.4, -0.2) is 7.11 Å². The van der Waals surface area contributed by atoms with E-state index in [2.05, 4.69) is 30.3 Å². The first-order chi connectivity index (χ1) is 8.79. The molecular formula is C16H17NO. The van der Waals surface area contributed by atoms with E-state index < -0.39 is 0 Å². The average molecular weight is 239 g/mol. The number of fused-ring (bicyclic) bond motifs is 1. The zero-order chi connectivity index (χ0) is 12.5. The van der Waals surface area contributed by atoms with Crippen LogP contribution in [0, 0.1) is 0 Å². The molecule has 0 amide bonds. The number of ether oxygens (including phenoxy) is 1. The minimum Gasteiger partial charge on any atom is -0.497 e. The van der Waals surface area contributed by atoms with Crippen LogP contribution in [0.1, 0.15) is 28.7 Å². The van der Waals surface area contributed by atoms with Crippen molar-refractivity contribution in [2.24, 2.45) is 5.73 Å². The van der Waals surface area contributed by atoms with Gasteiger partial charge < -0.3 is 10.5 Å². The van der Waals surface area contributed by atoms with Crippen molar-refractivity contribution in [3.63, 3.8) is 0 Å². The molecule has 92 valence electrons. The quantitative estimate of drug-likeness (QED) is 0.893. The Labute approximate surface area is 107 Å². The van der Waals surface area contributed by atoms with E-state index in [4.69, 9.17) is 10.5 Å². The van der Waals surface area contributed by atoms with Gasteiger partial charge in [-0.25, -0.2) is 0 Å². The first kappa shape index (κ1) is 11.3. The highest BCUT2D eigenvalue weighted by atomic mass is 16.5. The number of nitrogens with two attached hydrogens (primary N) is 1. The summed E-state index contributed by atoms with van der Waals surface area (Å²) in [5, 5.41) is 0. The van der Waals surface area contributed by atoms with Gasteiger partial charge in [0.25, 0.3) is 0 Å². The molecule has 0 saturated carbocycles. The molecule has 0 saturated heterocycles. The third-order valence-electron chi connectivity index (χ3n) is 3.81. The number of hydrogen-bond acceptors (Lipinski definition) is 2. The molecule has 1 aliphatic rings. The molecule has 0 bridgehead atoms. The monoisotopic (exact) mass is 239 g/mol. The molecule has 2 heteroatoms. The second-order valence-corrected chi connectivity index (χ2v) is 4.81. The van der Waals surface area contributed by atoms with E-state index in [0.29, 0.717) is 5.92 Å². The second kappa shape index (κ2) is 4.46. The van der Waals surface area contributed by atoms with Gasteiger partial charge in [-0.2, -0.15) is 0 Å². The van der Waals surface area contributed by atoms with Crippen molar-refractivity contribution < 1.29 is 4.74 Å². The largest absolute Gasteiger partial charge is 0.497 e. The van der Waals surface area contributed by atoms with Crippen LogP contribution in [0.3, 0.4) is 0 Å². The fraction of sp³-hybridized carbons (Fsp3) is 0.250. The summed E-state index contributed by atoms with van der Waals surface area (Å²) in [6.07, 6.45) is 1.08. The van der Waals surface area contributed by atoms with Crippen molar-refractivity contribution in [3.8, 4) is 5.75 Å². The first-order valence-corrected chi connectivity index (χ1v) is 6.27. The van der Waals surface area contributed by atoms with Gasteiger partial charge in [-0.15, -0.1) is 0 Å². The highest BCUT2D eigenvalue weighted by molar-refractivity contribution is 5.43. The molecule has 2 aromatic rings. The van der Waals surface area contributed by atoms with Gasteiger partial charge in [0, 0.05) is 12.0 Å². The molecule has 0 spiro atoms. The second-order valence-electron chi connectivity index (χ2n) is 4.81. The Morgan fingerprint density at radius 3 is 2.78 bits per heavy atom. The van der Waals surface area contributed by atoms with Crippen LogP contribution in [0.25, 0.3) is 0 Å². The third-order valence-corrected chi connectivity index (χ3v) is 3.81. The van der Waals surface area contributed by atoms with E-state index in [9.17, 15) is 0 Å². The summed E-state index contributed by atoms with van der Waals surface area (Å²) in [5.41, 5.74) is 10.4. The van der Waals surface area contributed by atoms with Gasteiger partial charge in [0.15, 0.2) is 0 Å². The van der Waals surface area contributed by atoms with E-state index >= 15 is 0 Å². The van der Waals surface area contributed by atoms with Crippen molar-refractivity contribution in [1.29, 1.82) is 0 Å². The SMILES string of the molecule is COc1cccc(C(N)C2Cc3ccccc32)c1. The van der Waals surface area contributed by atoms with Crippen LogP contribution in [-0.2, 0) is 6.42 Å². The number of rotatable bonds is 3. The summed E-state index contributed by atoms with van der Waals surface area (Å²) in [4.78, 5) is 0. The lowest BCUT2D eigenvalue weighted by Gasteiger charge is -2.35. The number of hydrogen-bond donors (Lipinski definition) is 1. The molecule has 2 unspecified atom stereocenters. The molecule has 18 heavy (non-hydrogen) atoms. The van der Waals surface area contributed by atoms with Crippen LogP contribution >= 0.6 is 0 Å². The van der Waals surface area contributed by atoms with E-state index in [0.717, 1.165) is 17.7 Å². The lowest BCUT2D eigenvalue weighted by atomic mass is 9.72. The molecule has 0 aromatic heterocycles. The molecule has 0 heterocycles. The summed E-state index contributed by atoms with van der Waals surface area (Å²) in [6.45, 7) is 0. The van der Waals surface area contributed by atoms with Crippen molar-refractivity contribution in [2.75, 3.05) is 7.11 Å². The maximum Gasteiger partial charge on any atom is 0.119 e. The van der Waals surface area contributed by atoms with Gasteiger partial charge in [0.05, 0.1) is 7.11 Å². The molecule has 2 aromatic carbocycles. The van der Waals surface area contributed by atoms with Crippen molar-refractivity contribution >= 4 is 0 Å². The minimum atomic E-state index is 0.0509. The zero-order valence-corrected chi connectivity index (χ0v) is 10.5. The van der Waals surface area contributed by atoms with Crippen molar-refractivity contribution in [2.45, 2.75) is 18.4 Å². The first-order valence-electron chi connectivity index (χ1n) is 6.27. The Morgan fingerprint density at radius 1 is 1.17 bits per heavy atom. The van der Waals surface area contributed by atoms with Crippen LogP contribution in [0.15, 0.2) is 48.5 Å². The normalized spacial score (nSPS) is 18.7. The Kier molecular flexibility index (Phi) is 2.80. The van der Waals surface area contributed by atoms with E-state index in [1.807, 2.05) is 18.2 Å². The van der Waals surface area contributed by atoms with Gasteiger partial charge in [-0.05, 0) is 35.2 Å². The Balaban J connectivity index is 1.86. The molecule has 2 atom stereocenters. The molecule has 0 radical (unpaired) electrons. The van der Waals surface area contributed by atoms with Crippen LogP contribution in [0.5, 0.6) is 5.75 Å². The molecule has 2 nitrogen and oxygen atoms in total. The number of benzene rings is 2. The zero-order valence-electron chi connectivity index (χ0n) is 10.5. The summed E-state index contributed by atoms with van der Waals surface area (Å²) in [5.74, 6) is 1.31. The smallest absolute Gasteiger partial charge is 0.119 e. The Bertz CT molecular complexity index is 565. The van der Waals surface area contributed by atoms with Crippen molar-refractivity contribution in [1.82, 2.24) is 0 Å². The third kappa shape index (κ3) is 1.79. The lowest BCUT2D eigenvalue weighted by Crippen LogP contribution is -2.28. The van der Waals surface area contributed by atoms with E-state index in [1.165, 1.54) is 11.1 Å². The predicted octanol–water partition coefficient (Wildman–Crippen LogP) is 3.03. The molecular weight excluding hydrogens is 222 g/mol. The Morgan fingerprint density at radius 2 is 2.00 bits per heavy atom.